The van der Waals surface area contributed by atoms with Crippen LogP contribution in [-0.4, -0.2) is 20.7 Å². The Kier molecular flexibility index (Phi) is 6.51. The van der Waals surface area contributed by atoms with Crippen molar-refractivity contribution in [1.29, 1.82) is 0 Å². The highest BCUT2D eigenvalue weighted by atomic mass is 28.4. The third-order valence-electron chi connectivity index (χ3n) is 5.47. The van der Waals surface area contributed by atoms with Crippen molar-refractivity contribution in [2.75, 3.05) is 6.61 Å². The first-order valence-corrected chi connectivity index (χ1v) is 12.1. The molecule has 3 aromatic carbocycles. The Morgan fingerprint density at radius 3 is 1.62 bits per heavy atom. The minimum absolute atomic E-state index is 0.0920. The van der Waals surface area contributed by atoms with Crippen LogP contribution in [0.1, 0.15) is 38.1 Å². The van der Waals surface area contributed by atoms with E-state index < -0.39 is 8.32 Å². The molecule has 0 saturated heterocycles. The minimum Gasteiger partial charge on any atom is -0.407 e. The third kappa shape index (κ3) is 4.41. The van der Waals surface area contributed by atoms with Crippen LogP contribution in [0.2, 0.25) is 5.04 Å². The van der Waals surface area contributed by atoms with Gasteiger partial charge in [0.25, 0.3) is 8.32 Å². The van der Waals surface area contributed by atoms with E-state index in [-0.39, 0.29) is 16.7 Å². The molecule has 1 atom stereocenters. The summed E-state index contributed by atoms with van der Waals surface area (Å²) in [4.78, 5) is 12.9. The Hall–Kier alpha value is -2.49. The van der Waals surface area contributed by atoms with Crippen molar-refractivity contribution in [3.05, 3.63) is 96.6 Å². The molecule has 0 radical (unpaired) electrons. The van der Waals surface area contributed by atoms with Gasteiger partial charge in [0.2, 0.25) is 0 Å². The fraction of sp³-hybridized carbons (Fsp3) is 0.269. The Bertz CT molecular complexity index is 876. The van der Waals surface area contributed by atoms with Crippen molar-refractivity contribution in [2.24, 2.45) is 5.92 Å². The van der Waals surface area contributed by atoms with Crippen LogP contribution in [0.4, 0.5) is 0 Å². The topological polar surface area (TPSA) is 26.3 Å². The van der Waals surface area contributed by atoms with Gasteiger partial charge in [0.1, 0.15) is 0 Å². The van der Waals surface area contributed by atoms with Crippen molar-refractivity contribution in [2.45, 2.75) is 32.7 Å². The average Bonchev–Trinajstić information content (AvgIpc) is 2.74. The van der Waals surface area contributed by atoms with Crippen LogP contribution >= 0.6 is 0 Å². The number of rotatable bonds is 7. The Labute approximate surface area is 175 Å². The maximum absolute atomic E-state index is 12.9. The smallest absolute Gasteiger partial charge is 0.261 e. The minimum atomic E-state index is -2.61. The lowest BCUT2D eigenvalue weighted by atomic mass is 10.0. The van der Waals surface area contributed by atoms with Gasteiger partial charge in [0.15, 0.2) is 5.78 Å². The van der Waals surface area contributed by atoms with Crippen LogP contribution < -0.4 is 10.4 Å². The summed E-state index contributed by atoms with van der Waals surface area (Å²) in [6.07, 6.45) is 0. The molecule has 0 heterocycles. The largest absolute Gasteiger partial charge is 0.407 e. The molecule has 3 rings (SSSR count). The molecule has 150 valence electrons. The second-order valence-electron chi connectivity index (χ2n) is 8.61. The molecular formula is C26H30O2Si. The van der Waals surface area contributed by atoms with Gasteiger partial charge >= 0.3 is 0 Å². The maximum Gasteiger partial charge on any atom is 0.261 e. The summed E-state index contributed by atoms with van der Waals surface area (Å²) in [7, 11) is -2.61. The van der Waals surface area contributed by atoms with Crippen LogP contribution in [0, 0.1) is 5.92 Å². The van der Waals surface area contributed by atoms with Crippen molar-refractivity contribution in [3.63, 3.8) is 0 Å². The quantitative estimate of drug-likeness (QED) is 0.407. The lowest BCUT2D eigenvalue weighted by Gasteiger charge is -2.43. The molecule has 0 fully saturated rings. The molecule has 0 aliphatic carbocycles. The number of Topliss-reactive ketones (excluding diaryl/α,β-unsaturated/α-hetero) is 1. The zero-order chi connectivity index (χ0) is 20.9. The van der Waals surface area contributed by atoms with Crippen molar-refractivity contribution in [3.8, 4) is 0 Å². The highest BCUT2D eigenvalue weighted by molar-refractivity contribution is 6.99. The fourth-order valence-electron chi connectivity index (χ4n) is 3.97. The predicted molar refractivity (Wildman–Crippen MR) is 124 cm³/mol. The van der Waals surface area contributed by atoms with Gasteiger partial charge in [-0.2, -0.15) is 0 Å². The standard InChI is InChI=1S/C26H30O2Si/c1-21(25(27)22-14-8-5-9-15-22)20-28-29(26(2,3)4,23-16-10-6-11-17-23)24-18-12-7-13-19-24/h5-19,21H,20H2,1-4H3/t21-/m1/s1. The number of carbonyl (C=O) groups is 1. The number of carbonyl (C=O) groups excluding carboxylic acids is 1. The van der Waals surface area contributed by atoms with Crippen LogP contribution in [0.5, 0.6) is 0 Å². The molecule has 0 bridgehead atoms. The lowest BCUT2D eigenvalue weighted by Crippen LogP contribution is -2.67. The van der Waals surface area contributed by atoms with Gasteiger partial charge < -0.3 is 4.43 Å². The summed E-state index contributed by atoms with van der Waals surface area (Å²) in [5.74, 6) is -0.0809. The van der Waals surface area contributed by atoms with Crippen molar-refractivity contribution >= 4 is 24.5 Å². The highest BCUT2D eigenvalue weighted by Gasteiger charge is 2.50. The first kappa shape index (κ1) is 21.2. The van der Waals surface area contributed by atoms with Crippen LogP contribution in [-0.2, 0) is 4.43 Å². The number of hydrogen-bond acceptors (Lipinski definition) is 2. The molecule has 0 aromatic heterocycles. The average molecular weight is 403 g/mol. The molecule has 2 nitrogen and oxygen atoms in total. The van der Waals surface area contributed by atoms with Gasteiger partial charge in [-0.1, -0.05) is 119 Å². The summed E-state index contributed by atoms with van der Waals surface area (Å²) in [5.41, 5.74) is 0.742. The maximum atomic E-state index is 12.9. The van der Waals surface area contributed by atoms with E-state index in [2.05, 4.69) is 69.3 Å². The Morgan fingerprint density at radius 2 is 1.21 bits per heavy atom. The van der Waals surface area contributed by atoms with Gasteiger partial charge in [0, 0.05) is 18.1 Å². The second-order valence-corrected chi connectivity index (χ2v) is 12.9. The summed E-state index contributed by atoms with van der Waals surface area (Å²) in [6, 6.07) is 30.6. The van der Waals surface area contributed by atoms with Gasteiger partial charge in [-0.3, -0.25) is 4.79 Å². The molecule has 0 unspecified atom stereocenters. The Morgan fingerprint density at radius 1 is 0.793 bits per heavy atom. The number of ketones is 1. The molecule has 0 saturated carbocycles. The molecule has 3 aromatic rings. The van der Waals surface area contributed by atoms with Crippen LogP contribution in [0.25, 0.3) is 0 Å². The molecule has 0 aliphatic rings. The monoisotopic (exact) mass is 402 g/mol. The summed E-state index contributed by atoms with van der Waals surface area (Å²) in [5, 5.41) is 2.38. The lowest BCUT2D eigenvalue weighted by molar-refractivity contribution is 0.0884. The third-order valence-corrected chi connectivity index (χ3v) is 10.5. The van der Waals surface area contributed by atoms with Gasteiger partial charge in [0.05, 0.1) is 0 Å². The fourth-order valence-corrected chi connectivity index (χ4v) is 8.63. The molecule has 0 aliphatic heterocycles. The normalized spacial score (nSPS) is 13.1. The molecule has 0 N–H and O–H groups in total. The first-order valence-electron chi connectivity index (χ1n) is 10.2. The van der Waals surface area contributed by atoms with Gasteiger partial charge in [-0.15, -0.1) is 0 Å². The van der Waals surface area contributed by atoms with E-state index in [1.807, 2.05) is 49.4 Å². The molecule has 29 heavy (non-hydrogen) atoms. The zero-order valence-electron chi connectivity index (χ0n) is 17.8. The molecular weight excluding hydrogens is 372 g/mol. The number of hydrogen-bond donors (Lipinski definition) is 0. The van der Waals surface area contributed by atoms with Gasteiger partial charge in [-0.05, 0) is 15.4 Å². The second kappa shape index (κ2) is 8.89. The molecule has 3 heteroatoms. The SMILES string of the molecule is C[C@H](CO[Si](c1ccccc1)(c1ccccc1)C(C)(C)C)C(=O)c1ccccc1. The van der Waals surface area contributed by atoms with E-state index in [0.717, 1.165) is 5.56 Å². The highest BCUT2D eigenvalue weighted by Crippen LogP contribution is 2.37. The van der Waals surface area contributed by atoms with E-state index in [4.69, 9.17) is 4.43 Å². The van der Waals surface area contributed by atoms with Crippen LogP contribution in [0.3, 0.4) is 0 Å². The summed E-state index contributed by atoms with van der Waals surface area (Å²) in [6.45, 7) is 9.13. The summed E-state index contributed by atoms with van der Waals surface area (Å²) < 4.78 is 6.89. The van der Waals surface area contributed by atoms with E-state index in [1.54, 1.807) is 0 Å². The van der Waals surface area contributed by atoms with Crippen molar-refractivity contribution in [1.82, 2.24) is 0 Å². The molecule has 0 spiro atoms. The Balaban J connectivity index is 1.99. The van der Waals surface area contributed by atoms with E-state index in [0.29, 0.717) is 6.61 Å². The van der Waals surface area contributed by atoms with E-state index in [1.165, 1.54) is 10.4 Å². The zero-order valence-corrected chi connectivity index (χ0v) is 18.8. The summed E-state index contributed by atoms with van der Waals surface area (Å²) >= 11 is 0. The molecule has 0 amide bonds. The van der Waals surface area contributed by atoms with E-state index >= 15 is 0 Å². The first-order chi connectivity index (χ1) is 13.9. The van der Waals surface area contributed by atoms with Crippen molar-refractivity contribution < 1.29 is 9.22 Å². The van der Waals surface area contributed by atoms with E-state index in [9.17, 15) is 4.79 Å². The number of benzene rings is 3. The van der Waals surface area contributed by atoms with Gasteiger partial charge in [-0.25, -0.2) is 0 Å². The van der Waals surface area contributed by atoms with Crippen LogP contribution in [0.15, 0.2) is 91.0 Å². The predicted octanol–water partition coefficient (Wildman–Crippen LogP) is 5.08.